The van der Waals surface area contributed by atoms with Crippen molar-refractivity contribution in [1.82, 2.24) is 19.5 Å². The summed E-state index contributed by atoms with van der Waals surface area (Å²) in [6.07, 6.45) is 4.38. The Morgan fingerprint density at radius 2 is 2.37 bits per heavy atom. The van der Waals surface area contributed by atoms with Crippen LogP contribution in [-0.2, 0) is 24.9 Å². The van der Waals surface area contributed by atoms with Gasteiger partial charge in [-0.15, -0.1) is 0 Å². The molecule has 2 unspecified atom stereocenters. The zero-order chi connectivity index (χ0) is 21.8. The Morgan fingerprint density at radius 3 is 3.20 bits per heavy atom. The van der Waals surface area contributed by atoms with E-state index in [0.717, 1.165) is 5.56 Å². The summed E-state index contributed by atoms with van der Waals surface area (Å²) >= 11 is 6.04. The van der Waals surface area contributed by atoms with E-state index in [-0.39, 0.29) is 19.5 Å². The number of fused-ring (bicyclic) bond motifs is 1. The van der Waals surface area contributed by atoms with Crippen molar-refractivity contribution in [1.29, 1.82) is 0 Å². The first-order chi connectivity index (χ1) is 15.0. The van der Waals surface area contributed by atoms with Gasteiger partial charge in [-0.1, -0.05) is 23.7 Å². The van der Waals surface area contributed by atoms with E-state index in [4.69, 9.17) is 26.8 Å². The first-order valence-corrected chi connectivity index (χ1v) is 11.4. The van der Waals surface area contributed by atoms with Crippen molar-refractivity contribution in [3.8, 4) is 0 Å². The minimum atomic E-state index is -3.51. The van der Waals surface area contributed by atoms with E-state index < -0.39 is 20.3 Å². The molecule has 30 heavy (non-hydrogen) atoms. The molecule has 1 aliphatic heterocycles. The van der Waals surface area contributed by atoms with Crippen molar-refractivity contribution in [3.05, 3.63) is 47.5 Å². The number of aromatic nitrogens is 4. The van der Waals surface area contributed by atoms with E-state index in [2.05, 4.69) is 19.9 Å². The van der Waals surface area contributed by atoms with Crippen LogP contribution in [0.3, 0.4) is 0 Å². The topological polar surface area (TPSA) is 101 Å². The summed E-state index contributed by atoms with van der Waals surface area (Å²) in [6, 6.07) is 7.22. The molecule has 0 N–H and O–H groups in total. The Morgan fingerprint density at radius 1 is 1.47 bits per heavy atom. The second-order valence-corrected chi connectivity index (χ2v) is 8.88. The highest BCUT2D eigenvalue weighted by molar-refractivity contribution is 7.53. The maximum Gasteiger partial charge on any atom is 0.356 e. The summed E-state index contributed by atoms with van der Waals surface area (Å²) in [7, 11) is -3.51. The van der Waals surface area contributed by atoms with Crippen molar-refractivity contribution in [3.63, 3.8) is 0 Å². The molecule has 11 heteroatoms. The van der Waals surface area contributed by atoms with Gasteiger partial charge in [-0.2, -0.15) is 0 Å². The highest BCUT2D eigenvalue weighted by Gasteiger charge is 2.34. The fraction of sp³-hybridized carbons (Fsp3) is 0.368. The van der Waals surface area contributed by atoms with Crippen molar-refractivity contribution < 1.29 is 19.7 Å². The summed E-state index contributed by atoms with van der Waals surface area (Å²) in [6.45, 7) is 1.15. The van der Waals surface area contributed by atoms with Crippen LogP contribution >= 0.6 is 19.2 Å². The number of aryl methyl sites for hydroxylation is 1. The molecule has 3 heterocycles. The highest BCUT2D eigenvalue weighted by atomic mass is 35.5. The van der Waals surface area contributed by atoms with Crippen LogP contribution in [0.25, 0.3) is 11.2 Å². The Kier molecular flexibility index (Phi) is 6.15. The minimum Gasteiger partial charge on any atom is -0.367 e. The van der Waals surface area contributed by atoms with Gasteiger partial charge < -0.3 is 13.8 Å². The van der Waals surface area contributed by atoms with Gasteiger partial charge in [0.15, 0.2) is 17.0 Å². The van der Waals surface area contributed by atoms with Gasteiger partial charge in [0.2, 0.25) is 0 Å². The van der Waals surface area contributed by atoms with Crippen LogP contribution in [0, 0.1) is 0 Å². The molecule has 0 amide bonds. The lowest BCUT2D eigenvalue weighted by Gasteiger charge is -2.30. The van der Waals surface area contributed by atoms with Gasteiger partial charge in [0.25, 0.3) is 0 Å². The lowest BCUT2D eigenvalue weighted by atomic mass is 10.1. The van der Waals surface area contributed by atoms with Crippen molar-refractivity contribution in [2.24, 2.45) is 4.99 Å². The van der Waals surface area contributed by atoms with E-state index in [9.17, 15) is 4.57 Å². The number of ether oxygens (including phenoxy) is 1. The summed E-state index contributed by atoms with van der Waals surface area (Å²) in [5.74, 6) is 0.453. The molecule has 1 fully saturated rings. The van der Waals surface area contributed by atoms with Gasteiger partial charge in [-0.25, -0.2) is 19.9 Å². The van der Waals surface area contributed by atoms with Crippen LogP contribution in [0.1, 0.15) is 26.4 Å². The largest absolute Gasteiger partial charge is 0.367 e. The molecule has 1 aromatic carbocycles. The first kappa shape index (κ1) is 19.8. The molecule has 1 aliphatic rings. The molecule has 3 aromatic rings. The van der Waals surface area contributed by atoms with Crippen molar-refractivity contribution in [2.75, 3.05) is 19.5 Å². The molecule has 0 bridgehead atoms. The third-order valence-corrected chi connectivity index (χ3v) is 6.28. The third-order valence-electron chi connectivity index (χ3n) is 4.43. The van der Waals surface area contributed by atoms with Crippen LogP contribution in [-0.4, -0.2) is 45.3 Å². The van der Waals surface area contributed by atoms with Gasteiger partial charge in [0, 0.05) is 24.2 Å². The molecule has 0 aliphatic carbocycles. The van der Waals surface area contributed by atoms with E-state index in [1.165, 1.54) is 6.33 Å². The average Bonchev–Trinajstić information content (AvgIpc) is 3.16. The fourth-order valence-electron chi connectivity index (χ4n) is 3.07. The van der Waals surface area contributed by atoms with Crippen molar-refractivity contribution in [2.45, 2.75) is 26.0 Å². The summed E-state index contributed by atoms with van der Waals surface area (Å²) in [5.41, 5.74) is 1.90. The molecule has 2 aromatic heterocycles. The van der Waals surface area contributed by atoms with Crippen LogP contribution in [0.5, 0.6) is 0 Å². The predicted molar refractivity (Wildman–Crippen MR) is 113 cm³/mol. The number of nitrogens with zero attached hydrogens (tertiary/aromatic N) is 5. The zero-order valence-electron chi connectivity index (χ0n) is 17.2. The number of halogens is 1. The van der Waals surface area contributed by atoms with Gasteiger partial charge >= 0.3 is 7.60 Å². The normalized spacial score (nSPS) is 23.7. The van der Waals surface area contributed by atoms with E-state index in [1.807, 2.05) is 12.1 Å². The van der Waals surface area contributed by atoms with E-state index >= 15 is 0 Å². The van der Waals surface area contributed by atoms with Crippen LogP contribution in [0.15, 0.2) is 41.9 Å². The molecule has 9 nitrogen and oxygen atoms in total. The Balaban J connectivity index is 1.39. The molecule has 158 valence electrons. The molecule has 3 atom stereocenters. The standard InChI is InChI=1S/C19H21ClN5O4P/c1-2-21-18-17-19(23-11-22-18)25(12-24-17)7-9-27-13-30(26)28-8-6-16(29-30)14-4-3-5-15(20)10-14/h2-5,10-12,16H,6-9,13H2,1H3/t16-,30?/m0/s1/i9T/t9?,16-,30?. The van der Waals surface area contributed by atoms with Gasteiger partial charge in [0.1, 0.15) is 12.7 Å². The van der Waals surface area contributed by atoms with E-state index in [1.54, 1.807) is 36.2 Å². The monoisotopic (exact) mass is 451 g/mol. The Bertz CT molecular complexity index is 1140. The van der Waals surface area contributed by atoms with Crippen LogP contribution < -0.4 is 0 Å². The van der Waals surface area contributed by atoms with Crippen LogP contribution in [0.4, 0.5) is 5.82 Å². The number of rotatable bonds is 7. The fourth-order valence-corrected chi connectivity index (χ4v) is 4.75. The molecule has 0 saturated carbocycles. The summed E-state index contributed by atoms with van der Waals surface area (Å²) in [5, 5.41) is 0.578. The molecule has 1 saturated heterocycles. The molecular formula is C19H21ClN5O4P. The van der Waals surface area contributed by atoms with Crippen LogP contribution in [0.2, 0.25) is 5.02 Å². The number of hydrogen-bond donors (Lipinski definition) is 0. The lowest BCUT2D eigenvalue weighted by molar-refractivity contribution is 0.0563. The summed E-state index contributed by atoms with van der Waals surface area (Å²) in [4.78, 5) is 16.7. The molecule has 0 radical (unpaired) electrons. The Labute approximate surface area is 180 Å². The number of hydrogen-bond acceptors (Lipinski definition) is 8. The maximum atomic E-state index is 13.0. The highest BCUT2D eigenvalue weighted by Crippen LogP contribution is 2.56. The zero-order valence-corrected chi connectivity index (χ0v) is 17.9. The number of imidazole rings is 1. The first-order valence-electron chi connectivity index (χ1n) is 9.91. The molecular weight excluding hydrogens is 429 g/mol. The SMILES string of the molecule is [3H]C(Cn1cnc2c(N=CC)ncnc21)OCP1(=O)OCC[C@@H](c2cccc(Cl)c2)O1. The second kappa shape index (κ2) is 9.32. The second-order valence-electron chi connectivity index (χ2n) is 6.50. The lowest BCUT2D eigenvalue weighted by Crippen LogP contribution is -2.17. The van der Waals surface area contributed by atoms with Crippen molar-refractivity contribution >= 4 is 42.4 Å². The smallest absolute Gasteiger partial charge is 0.356 e. The average molecular weight is 452 g/mol. The van der Waals surface area contributed by atoms with Gasteiger partial charge in [-0.05, 0) is 24.6 Å². The Hall–Kier alpha value is -2.16. The number of benzene rings is 1. The number of aliphatic imine (C=N–C) groups is 1. The van der Waals surface area contributed by atoms with Gasteiger partial charge in [-0.3, -0.25) is 9.09 Å². The predicted octanol–water partition coefficient (Wildman–Crippen LogP) is 4.55. The summed E-state index contributed by atoms with van der Waals surface area (Å²) < 4.78 is 39.5. The van der Waals surface area contributed by atoms with E-state index in [0.29, 0.717) is 28.4 Å². The maximum absolute atomic E-state index is 13.0. The minimum absolute atomic E-state index is 0.126. The third kappa shape index (κ3) is 4.77. The molecule has 0 spiro atoms. The quantitative estimate of drug-likeness (QED) is 0.383. The van der Waals surface area contributed by atoms with Gasteiger partial charge in [0.05, 0.1) is 27.0 Å². The molecule has 4 rings (SSSR count).